The minimum atomic E-state index is 0.357. The number of aryl methyl sites for hydroxylation is 1. The number of hydrazone groups is 1. The molecule has 8 heteroatoms. The van der Waals surface area contributed by atoms with Gasteiger partial charge in [0.2, 0.25) is 5.16 Å². The predicted molar refractivity (Wildman–Crippen MR) is 104 cm³/mol. The predicted octanol–water partition coefficient (Wildman–Crippen LogP) is 3.69. The Morgan fingerprint density at radius 1 is 1.20 bits per heavy atom. The van der Waals surface area contributed by atoms with Crippen LogP contribution in [0.2, 0.25) is 5.02 Å². The summed E-state index contributed by atoms with van der Waals surface area (Å²) in [6.07, 6.45) is 1.61. The summed E-state index contributed by atoms with van der Waals surface area (Å²) in [5, 5.41) is 13.4. The molecule has 3 aromatic rings. The van der Waals surface area contributed by atoms with Crippen molar-refractivity contribution in [3.05, 3.63) is 70.2 Å². The molecule has 0 aliphatic heterocycles. The lowest BCUT2D eigenvalue weighted by molar-refractivity contribution is 0.847. The largest absolute Gasteiger partial charge is 0.334 e. The molecule has 25 heavy (non-hydrogen) atoms. The van der Waals surface area contributed by atoms with Crippen molar-refractivity contribution >= 4 is 35.5 Å². The average molecular weight is 373 g/mol. The van der Waals surface area contributed by atoms with Crippen molar-refractivity contribution in [1.82, 2.24) is 14.9 Å². The van der Waals surface area contributed by atoms with Gasteiger partial charge in [0.1, 0.15) is 0 Å². The van der Waals surface area contributed by atoms with E-state index in [4.69, 9.17) is 17.4 Å². The zero-order valence-corrected chi connectivity index (χ0v) is 15.1. The molecule has 2 aromatic carbocycles. The molecule has 128 valence electrons. The Labute approximate surface area is 155 Å². The van der Waals surface area contributed by atoms with E-state index in [-0.39, 0.29) is 0 Å². The first kappa shape index (κ1) is 17.3. The fraction of sp³-hybridized carbons (Fsp3) is 0.118. The molecule has 3 rings (SSSR count). The van der Waals surface area contributed by atoms with Crippen LogP contribution in [0.1, 0.15) is 16.7 Å². The van der Waals surface area contributed by atoms with Gasteiger partial charge in [-0.1, -0.05) is 65.8 Å². The zero-order valence-electron chi connectivity index (χ0n) is 13.6. The maximum atomic E-state index is 6.07. The smallest absolute Gasteiger partial charge is 0.264 e. The van der Waals surface area contributed by atoms with Crippen LogP contribution in [0.15, 0.2) is 58.8 Å². The van der Waals surface area contributed by atoms with E-state index >= 15 is 0 Å². The van der Waals surface area contributed by atoms with Gasteiger partial charge in [0.05, 0.1) is 6.21 Å². The Morgan fingerprint density at radius 2 is 1.96 bits per heavy atom. The molecule has 1 aromatic heterocycles. The number of nitrogen functional groups attached to an aromatic ring is 1. The Hall–Kier alpha value is -2.51. The molecule has 3 N–H and O–H groups in total. The van der Waals surface area contributed by atoms with Crippen LogP contribution >= 0.6 is 23.4 Å². The van der Waals surface area contributed by atoms with Crippen LogP contribution in [0, 0.1) is 6.92 Å². The summed E-state index contributed by atoms with van der Waals surface area (Å²) >= 11 is 7.59. The van der Waals surface area contributed by atoms with Crippen LogP contribution < -0.4 is 11.3 Å². The molecular weight excluding hydrogens is 356 g/mol. The van der Waals surface area contributed by atoms with Crippen molar-refractivity contribution in [3.63, 3.8) is 0 Å². The fourth-order valence-corrected chi connectivity index (χ4v) is 3.22. The molecule has 0 aliphatic carbocycles. The lowest BCUT2D eigenvalue weighted by atomic mass is 10.1. The fourth-order valence-electron chi connectivity index (χ4n) is 2.11. The number of rotatable bonds is 6. The Kier molecular flexibility index (Phi) is 5.57. The topological polar surface area (TPSA) is 81.1 Å². The van der Waals surface area contributed by atoms with Crippen LogP contribution in [0.5, 0.6) is 0 Å². The molecule has 0 unspecified atom stereocenters. The summed E-state index contributed by atoms with van der Waals surface area (Å²) in [6.45, 7) is 2.08. The van der Waals surface area contributed by atoms with E-state index in [2.05, 4.69) is 39.8 Å². The molecule has 0 amide bonds. The highest BCUT2D eigenvalue weighted by Gasteiger charge is 2.10. The number of anilines is 1. The number of nitrogens with two attached hydrogens (primary N) is 1. The van der Waals surface area contributed by atoms with Crippen molar-refractivity contribution in [3.8, 4) is 0 Å². The SMILES string of the molecule is Cc1ccccc1CSc1nnc(N/N=C/c2ccccc2Cl)n1N. The van der Waals surface area contributed by atoms with Gasteiger partial charge in [-0.2, -0.15) is 5.10 Å². The lowest BCUT2D eigenvalue weighted by Crippen LogP contribution is -2.13. The molecule has 0 spiro atoms. The Bertz CT molecular complexity index is 892. The van der Waals surface area contributed by atoms with Gasteiger partial charge in [-0.15, -0.1) is 10.2 Å². The number of hydrogen-bond acceptors (Lipinski definition) is 6. The molecule has 6 nitrogen and oxygen atoms in total. The summed E-state index contributed by atoms with van der Waals surface area (Å²) in [6, 6.07) is 15.6. The van der Waals surface area contributed by atoms with Crippen molar-refractivity contribution in [2.75, 3.05) is 11.3 Å². The van der Waals surface area contributed by atoms with Crippen LogP contribution in [-0.2, 0) is 5.75 Å². The summed E-state index contributed by atoms with van der Waals surface area (Å²) in [7, 11) is 0. The summed E-state index contributed by atoms with van der Waals surface area (Å²) in [5.41, 5.74) is 6.05. The lowest BCUT2D eigenvalue weighted by Gasteiger charge is -2.05. The molecule has 1 heterocycles. The van der Waals surface area contributed by atoms with Gasteiger partial charge in [0.25, 0.3) is 5.95 Å². The number of aromatic nitrogens is 3. The number of benzene rings is 2. The second-order valence-corrected chi connectivity index (χ2v) is 6.63. The van der Waals surface area contributed by atoms with Gasteiger partial charge < -0.3 is 5.84 Å². The number of halogens is 1. The molecule has 0 bridgehead atoms. The van der Waals surface area contributed by atoms with E-state index in [1.807, 2.05) is 30.3 Å². The monoisotopic (exact) mass is 372 g/mol. The molecule has 0 fully saturated rings. The minimum absolute atomic E-state index is 0.357. The van der Waals surface area contributed by atoms with Gasteiger partial charge >= 0.3 is 0 Å². The molecule has 0 radical (unpaired) electrons. The van der Waals surface area contributed by atoms with Crippen LogP contribution in [-0.4, -0.2) is 21.1 Å². The highest BCUT2D eigenvalue weighted by molar-refractivity contribution is 7.98. The van der Waals surface area contributed by atoms with Gasteiger partial charge in [-0.05, 0) is 24.1 Å². The van der Waals surface area contributed by atoms with E-state index in [1.165, 1.54) is 27.6 Å². The van der Waals surface area contributed by atoms with E-state index in [0.29, 0.717) is 16.1 Å². The van der Waals surface area contributed by atoms with E-state index in [1.54, 1.807) is 12.3 Å². The maximum absolute atomic E-state index is 6.07. The van der Waals surface area contributed by atoms with E-state index < -0.39 is 0 Å². The highest BCUT2D eigenvalue weighted by atomic mass is 35.5. The highest BCUT2D eigenvalue weighted by Crippen LogP contribution is 2.23. The standard InChI is InChI=1S/C17H17ClN6S/c1-12-6-2-3-8-14(12)11-25-17-23-22-16(24(17)19)21-20-10-13-7-4-5-9-15(13)18/h2-10H,11,19H2,1H3,(H,21,22)/b20-10+. The van der Waals surface area contributed by atoms with Crippen LogP contribution in [0.25, 0.3) is 0 Å². The molecule has 0 saturated carbocycles. The second kappa shape index (κ2) is 8.04. The first-order valence-electron chi connectivity index (χ1n) is 7.56. The molecule has 0 saturated heterocycles. The van der Waals surface area contributed by atoms with Crippen molar-refractivity contribution in [2.45, 2.75) is 17.8 Å². The third-order valence-corrected chi connectivity index (χ3v) is 4.89. The normalized spacial score (nSPS) is 11.1. The summed E-state index contributed by atoms with van der Waals surface area (Å²) < 4.78 is 1.38. The minimum Gasteiger partial charge on any atom is -0.334 e. The van der Waals surface area contributed by atoms with Gasteiger partial charge in [-0.3, -0.25) is 0 Å². The number of hydrogen-bond donors (Lipinski definition) is 2. The van der Waals surface area contributed by atoms with Gasteiger partial charge in [-0.25, -0.2) is 10.1 Å². The molecular formula is C17H17ClN6S. The first-order chi connectivity index (χ1) is 12.1. The van der Waals surface area contributed by atoms with E-state index in [9.17, 15) is 0 Å². The third kappa shape index (κ3) is 4.32. The third-order valence-electron chi connectivity index (χ3n) is 3.56. The van der Waals surface area contributed by atoms with Gasteiger partial charge in [0.15, 0.2) is 0 Å². The number of thioether (sulfide) groups is 1. The van der Waals surface area contributed by atoms with Crippen molar-refractivity contribution in [1.29, 1.82) is 0 Å². The zero-order chi connectivity index (χ0) is 17.6. The van der Waals surface area contributed by atoms with Crippen molar-refractivity contribution in [2.24, 2.45) is 5.10 Å². The summed E-state index contributed by atoms with van der Waals surface area (Å²) in [4.78, 5) is 0. The molecule has 0 atom stereocenters. The van der Waals surface area contributed by atoms with Gasteiger partial charge in [0, 0.05) is 16.3 Å². The second-order valence-electron chi connectivity index (χ2n) is 5.28. The average Bonchev–Trinajstić information content (AvgIpc) is 2.96. The van der Waals surface area contributed by atoms with E-state index in [0.717, 1.165) is 11.3 Å². The first-order valence-corrected chi connectivity index (χ1v) is 8.93. The van der Waals surface area contributed by atoms with Crippen LogP contribution in [0.4, 0.5) is 5.95 Å². The summed E-state index contributed by atoms with van der Waals surface area (Å²) in [5.74, 6) is 7.15. The Morgan fingerprint density at radius 3 is 2.76 bits per heavy atom. The number of nitrogens with one attached hydrogen (secondary N) is 1. The van der Waals surface area contributed by atoms with Crippen LogP contribution in [0.3, 0.4) is 0 Å². The number of nitrogens with zero attached hydrogens (tertiary/aromatic N) is 4. The Balaban J connectivity index is 1.63. The maximum Gasteiger partial charge on any atom is 0.264 e. The van der Waals surface area contributed by atoms with Crippen molar-refractivity contribution < 1.29 is 0 Å². The quantitative estimate of drug-likeness (QED) is 0.298. The molecule has 0 aliphatic rings.